The molecule has 1 aromatic rings. The Hall–Kier alpha value is -2.17. The number of rotatable bonds is 2. The first-order valence-electron chi connectivity index (χ1n) is 4.62. The summed E-state index contributed by atoms with van der Waals surface area (Å²) < 4.78 is 5.06. The van der Waals surface area contributed by atoms with Crippen LogP contribution in [0.2, 0.25) is 0 Å². The lowest BCUT2D eigenvalue weighted by molar-refractivity contribution is -0.140. The number of hydrogen-bond donors (Lipinski definition) is 1. The first kappa shape index (κ1) is 10.4. The van der Waals surface area contributed by atoms with Crippen molar-refractivity contribution in [2.75, 3.05) is 7.11 Å². The van der Waals surface area contributed by atoms with Gasteiger partial charge in [0.2, 0.25) is 6.04 Å². The van der Waals surface area contributed by atoms with E-state index in [-0.39, 0.29) is 0 Å². The smallest absolute Gasteiger partial charge is 0.336 e. The highest BCUT2D eigenvalue weighted by molar-refractivity contribution is 6.18. The van der Waals surface area contributed by atoms with Gasteiger partial charge in [0.15, 0.2) is 5.78 Å². The lowest BCUT2D eigenvalue weighted by Gasteiger charge is -2.09. The molecule has 1 aliphatic heterocycles. The zero-order valence-corrected chi connectivity index (χ0v) is 8.51. The van der Waals surface area contributed by atoms with Crippen molar-refractivity contribution in [3.63, 3.8) is 0 Å². The molecule has 0 saturated carbocycles. The first-order valence-corrected chi connectivity index (χ1v) is 4.62. The van der Waals surface area contributed by atoms with Crippen LogP contribution < -0.4 is 15.3 Å². The van der Waals surface area contributed by atoms with E-state index < -0.39 is 17.8 Å². The minimum atomic E-state index is -1.36. The number of para-hydroxylation sites is 1. The molecule has 5 heteroatoms. The number of ether oxygens (including phenoxy) is 1. The highest BCUT2D eigenvalue weighted by atomic mass is 16.5. The zero-order chi connectivity index (χ0) is 11.7. The SMILES string of the molecule is COc1cccc2c1=NC(C(=O)O)C(=O)C=2. The van der Waals surface area contributed by atoms with Gasteiger partial charge in [-0.25, -0.2) is 4.79 Å². The number of carboxylic acid groups (broad SMARTS) is 1. The van der Waals surface area contributed by atoms with Crippen molar-refractivity contribution in [2.24, 2.45) is 4.99 Å². The minimum Gasteiger partial charge on any atom is -0.494 e. The third-order valence-corrected chi connectivity index (χ3v) is 2.31. The zero-order valence-electron chi connectivity index (χ0n) is 8.51. The number of carbonyl (C=O) groups is 2. The summed E-state index contributed by atoms with van der Waals surface area (Å²) in [5.74, 6) is -1.31. The van der Waals surface area contributed by atoms with Crippen LogP contribution in [0.15, 0.2) is 23.2 Å². The molecule has 1 aromatic carbocycles. The molecule has 0 aliphatic carbocycles. The van der Waals surface area contributed by atoms with Crippen molar-refractivity contribution >= 4 is 17.8 Å². The molecule has 0 aromatic heterocycles. The normalized spacial score (nSPS) is 18.1. The molecule has 16 heavy (non-hydrogen) atoms. The van der Waals surface area contributed by atoms with Crippen molar-refractivity contribution in [1.82, 2.24) is 0 Å². The molecule has 0 spiro atoms. The molecule has 1 aliphatic rings. The molecule has 1 N–H and O–H groups in total. The van der Waals surface area contributed by atoms with Crippen LogP contribution in [0.3, 0.4) is 0 Å². The third-order valence-electron chi connectivity index (χ3n) is 2.31. The molecular weight excluding hydrogens is 210 g/mol. The van der Waals surface area contributed by atoms with E-state index in [0.717, 1.165) is 0 Å². The Morgan fingerprint density at radius 1 is 1.50 bits per heavy atom. The van der Waals surface area contributed by atoms with Crippen LogP contribution in [0.5, 0.6) is 5.75 Å². The van der Waals surface area contributed by atoms with Crippen LogP contribution in [0.25, 0.3) is 6.08 Å². The number of nitrogens with zero attached hydrogens (tertiary/aromatic N) is 1. The lowest BCUT2D eigenvalue weighted by atomic mass is 10.1. The maximum Gasteiger partial charge on any atom is 0.336 e. The standard InChI is InChI=1S/C11H9NO4/c1-16-8-4-2-3-6-5-7(13)10(11(14)15)12-9(6)8/h2-5,10H,1H3,(H,14,15). The summed E-state index contributed by atoms with van der Waals surface area (Å²) in [7, 11) is 1.47. The molecule has 0 radical (unpaired) electrons. The maximum atomic E-state index is 11.4. The number of fused-ring (bicyclic) bond motifs is 1. The quantitative estimate of drug-likeness (QED) is 0.656. The van der Waals surface area contributed by atoms with Crippen molar-refractivity contribution < 1.29 is 19.4 Å². The van der Waals surface area contributed by atoms with Crippen LogP contribution in [0.1, 0.15) is 0 Å². The first-order chi connectivity index (χ1) is 7.63. The van der Waals surface area contributed by atoms with Crippen LogP contribution in [0, 0.1) is 0 Å². The van der Waals surface area contributed by atoms with Crippen LogP contribution in [-0.4, -0.2) is 30.0 Å². The van der Waals surface area contributed by atoms with Gasteiger partial charge >= 0.3 is 5.97 Å². The molecule has 0 fully saturated rings. The Bertz CT molecular complexity index is 576. The van der Waals surface area contributed by atoms with Gasteiger partial charge in [0.05, 0.1) is 7.11 Å². The molecular formula is C11H9NO4. The summed E-state index contributed by atoms with van der Waals surface area (Å²) in [5.41, 5.74) is 0. The summed E-state index contributed by atoms with van der Waals surface area (Å²) in [6, 6.07) is 3.73. The number of methoxy groups -OCH3 is 1. The fourth-order valence-electron chi connectivity index (χ4n) is 1.56. The van der Waals surface area contributed by atoms with Gasteiger partial charge in [-0.1, -0.05) is 12.1 Å². The molecule has 0 amide bonds. The van der Waals surface area contributed by atoms with E-state index in [1.807, 2.05) is 0 Å². The van der Waals surface area contributed by atoms with Crippen LogP contribution in [-0.2, 0) is 9.59 Å². The van der Waals surface area contributed by atoms with E-state index in [2.05, 4.69) is 4.99 Å². The van der Waals surface area contributed by atoms with Crippen molar-refractivity contribution in [3.8, 4) is 5.75 Å². The van der Waals surface area contributed by atoms with Crippen LogP contribution in [0.4, 0.5) is 0 Å². The maximum absolute atomic E-state index is 11.4. The largest absolute Gasteiger partial charge is 0.494 e. The predicted molar refractivity (Wildman–Crippen MR) is 54.7 cm³/mol. The number of hydrogen-bond acceptors (Lipinski definition) is 4. The Labute approximate surface area is 90.7 Å². The third kappa shape index (κ3) is 1.56. The topological polar surface area (TPSA) is 76.0 Å². The summed E-state index contributed by atoms with van der Waals surface area (Å²) in [6.45, 7) is 0. The van der Waals surface area contributed by atoms with Gasteiger partial charge in [-0.3, -0.25) is 9.79 Å². The van der Waals surface area contributed by atoms with E-state index in [1.165, 1.54) is 13.2 Å². The summed E-state index contributed by atoms with van der Waals surface area (Å²) in [5, 5.41) is 9.82. The Balaban J connectivity index is 2.73. The number of benzene rings is 1. The van der Waals surface area contributed by atoms with Gasteiger partial charge in [-0.05, 0) is 12.1 Å². The Morgan fingerprint density at radius 3 is 2.88 bits per heavy atom. The van der Waals surface area contributed by atoms with Crippen molar-refractivity contribution in [3.05, 3.63) is 28.8 Å². The van der Waals surface area contributed by atoms with Gasteiger partial charge in [0.25, 0.3) is 0 Å². The molecule has 2 rings (SSSR count). The lowest BCUT2D eigenvalue weighted by Crippen LogP contribution is -2.40. The van der Waals surface area contributed by atoms with E-state index >= 15 is 0 Å². The second kappa shape index (κ2) is 3.77. The fourth-order valence-corrected chi connectivity index (χ4v) is 1.56. The van der Waals surface area contributed by atoms with E-state index in [1.54, 1.807) is 18.2 Å². The van der Waals surface area contributed by atoms with Gasteiger partial charge in [-0.15, -0.1) is 0 Å². The van der Waals surface area contributed by atoms with E-state index in [0.29, 0.717) is 16.3 Å². The summed E-state index contributed by atoms with van der Waals surface area (Å²) in [4.78, 5) is 26.1. The number of ketones is 1. The monoisotopic (exact) mass is 219 g/mol. The highest BCUT2D eigenvalue weighted by Gasteiger charge is 2.26. The Morgan fingerprint density at radius 2 is 2.25 bits per heavy atom. The van der Waals surface area contributed by atoms with Gasteiger partial charge < -0.3 is 9.84 Å². The average Bonchev–Trinajstić information content (AvgIpc) is 2.26. The highest BCUT2D eigenvalue weighted by Crippen LogP contribution is 2.03. The second-order valence-corrected chi connectivity index (χ2v) is 3.31. The molecule has 82 valence electrons. The molecule has 1 heterocycles. The minimum absolute atomic E-state index is 0.414. The van der Waals surface area contributed by atoms with Crippen LogP contribution >= 0.6 is 0 Å². The molecule has 1 atom stereocenters. The van der Waals surface area contributed by atoms with Crippen molar-refractivity contribution in [1.29, 1.82) is 0 Å². The second-order valence-electron chi connectivity index (χ2n) is 3.31. The van der Waals surface area contributed by atoms with E-state index in [9.17, 15) is 9.59 Å². The van der Waals surface area contributed by atoms with Gasteiger partial charge in [0, 0.05) is 5.22 Å². The average molecular weight is 219 g/mol. The summed E-state index contributed by atoms with van der Waals surface area (Å²) in [6.07, 6.45) is 1.28. The van der Waals surface area contributed by atoms with Gasteiger partial charge in [0.1, 0.15) is 11.1 Å². The number of aliphatic carboxylic acids is 1. The van der Waals surface area contributed by atoms with E-state index in [4.69, 9.17) is 9.84 Å². The molecule has 0 bridgehead atoms. The predicted octanol–water partition coefficient (Wildman–Crippen LogP) is -0.869. The molecule has 1 unspecified atom stereocenters. The fraction of sp³-hybridized carbons (Fsp3) is 0.182. The van der Waals surface area contributed by atoms with Crippen molar-refractivity contribution in [2.45, 2.75) is 6.04 Å². The number of carbonyl (C=O) groups excluding carboxylic acids is 1. The summed E-state index contributed by atoms with van der Waals surface area (Å²) >= 11 is 0. The molecule has 0 saturated heterocycles. The Kier molecular flexibility index (Phi) is 2.44. The number of Topliss-reactive ketones (excluding diaryl/α,β-unsaturated/α-hetero) is 1. The number of carboxylic acids is 1. The van der Waals surface area contributed by atoms with Gasteiger partial charge in [-0.2, -0.15) is 0 Å². The molecule has 5 nitrogen and oxygen atoms in total.